The number of aromatic nitrogens is 1. The summed E-state index contributed by atoms with van der Waals surface area (Å²) in [5.74, 6) is -0.225. The predicted octanol–water partition coefficient (Wildman–Crippen LogP) is 2.74. The summed E-state index contributed by atoms with van der Waals surface area (Å²) in [6.07, 6.45) is 1.91. The number of piperazine rings is 1. The number of halogens is 1. The van der Waals surface area contributed by atoms with Crippen molar-refractivity contribution in [2.75, 3.05) is 31.1 Å². The predicted molar refractivity (Wildman–Crippen MR) is 80.8 cm³/mol. The molecule has 3 nitrogen and oxygen atoms in total. The summed E-state index contributed by atoms with van der Waals surface area (Å²) in [5, 5.41) is 4.28. The fraction of sp³-hybridized carbons (Fsp3) is 0.438. The second kappa shape index (κ2) is 5.75. The number of hydrogen-bond acceptors (Lipinski definition) is 3. The van der Waals surface area contributed by atoms with Crippen molar-refractivity contribution < 1.29 is 4.39 Å². The maximum absolute atomic E-state index is 14.1. The van der Waals surface area contributed by atoms with Gasteiger partial charge >= 0.3 is 0 Å². The lowest BCUT2D eigenvalue weighted by molar-refractivity contribution is 0.589. The third kappa shape index (κ3) is 2.48. The molecule has 1 aromatic heterocycles. The Balaban J connectivity index is 2.14. The van der Waals surface area contributed by atoms with Crippen molar-refractivity contribution in [3.63, 3.8) is 0 Å². The van der Waals surface area contributed by atoms with Crippen molar-refractivity contribution in [3.05, 3.63) is 35.8 Å². The van der Waals surface area contributed by atoms with Crippen molar-refractivity contribution >= 4 is 16.6 Å². The number of benzene rings is 1. The van der Waals surface area contributed by atoms with Crippen LogP contribution in [0.5, 0.6) is 0 Å². The first-order valence-electron chi connectivity index (χ1n) is 7.33. The number of hydrogen-bond donors (Lipinski definition) is 1. The molecule has 4 heteroatoms. The molecule has 3 rings (SSSR count). The average Bonchev–Trinajstić information content (AvgIpc) is 2.49. The van der Waals surface area contributed by atoms with Gasteiger partial charge < -0.3 is 10.2 Å². The van der Waals surface area contributed by atoms with Crippen molar-refractivity contribution in [3.8, 4) is 0 Å². The molecular formula is C16H20FN3. The van der Waals surface area contributed by atoms with E-state index >= 15 is 0 Å². The lowest BCUT2D eigenvalue weighted by Gasteiger charge is -2.30. The largest absolute Gasteiger partial charge is 0.368 e. The third-order valence-corrected chi connectivity index (χ3v) is 3.79. The summed E-state index contributed by atoms with van der Waals surface area (Å²) in [5.41, 5.74) is 2.62. The van der Waals surface area contributed by atoms with Gasteiger partial charge in [0.1, 0.15) is 11.3 Å². The van der Waals surface area contributed by atoms with Gasteiger partial charge in [-0.2, -0.15) is 0 Å². The third-order valence-electron chi connectivity index (χ3n) is 3.79. The van der Waals surface area contributed by atoms with Gasteiger partial charge in [0.05, 0.1) is 0 Å². The monoisotopic (exact) mass is 273 g/mol. The molecule has 20 heavy (non-hydrogen) atoms. The number of fused-ring (bicyclic) bond motifs is 1. The van der Waals surface area contributed by atoms with Gasteiger partial charge in [0.15, 0.2) is 0 Å². The Morgan fingerprint density at radius 3 is 2.85 bits per heavy atom. The van der Waals surface area contributed by atoms with Crippen molar-refractivity contribution in [1.82, 2.24) is 10.3 Å². The maximum atomic E-state index is 14.1. The van der Waals surface area contributed by atoms with Gasteiger partial charge in [0.2, 0.25) is 0 Å². The van der Waals surface area contributed by atoms with E-state index in [2.05, 4.69) is 28.2 Å². The zero-order valence-corrected chi connectivity index (χ0v) is 11.8. The minimum Gasteiger partial charge on any atom is -0.368 e. The van der Waals surface area contributed by atoms with Crippen LogP contribution in [0.1, 0.15) is 19.0 Å². The first-order chi connectivity index (χ1) is 9.79. The zero-order chi connectivity index (χ0) is 13.9. The first kappa shape index (κ1) is 13.3. The van der Waals surface area contributed by atoms with Crippen LogP contribution in [0.2, 0.25) is 0 Å². The Kier molecular flexibility index (Phi) is 3.83. The van der Waals surface area contributed by atoms with Gasteiger partial charge in [-0.3, -0.25) is 0 Å². The molecule has 106 valence electrons. The molecule has 0 bridgehead atoms. The van der Waals surface area contributed by atoms with E-state index in [0.717, 1.165) is 55.8 Å². The van der Waals surface area contributed by atoms with Gasteiger partial charge in [0, 0.05) is 42.9 Å². The Morgan fingerprint density at radius 1 is 1.30 bits per heavy atom. The van der Waals surface area contributed by atoms with Crippen LogP contribution in [-0.2, 0) is 6.42 Å². The minimum absolute atomic E-state index is 0.225. The van der Waals surface area contributed by atoms with E-state index in [9.17, 15) is 4.39 Å². The smallest absolute Gasteiger partial charge is 0.149 e. The van der Waals surface area contributed by atoms with Gasteiger partial charge in [-0.15, -0.1) is 0 Å². The summed E-state index contributed by atoms with van der Waals surface area (Å²) in [6.45, 7) is 5.99. The summed E-state index contributed by atoms with van der Waals surface area (Å²) in [6, 6.07) is 7.37. The quantitative estimate of drug-likeness (QED) is 0.932. The second-order valence-corrected chi connectivity index (χ2v) is 5.26. The zero-order valence-electron chi connectivity index (χ0n) is 11.8. The van der Waals surface area contributed by atoms with Crippen LogP contribution in [0.4, 0.5) is 10.1 Å². The molecule has 1 aromatic carbocycles. The van der Waals surface area contributed by atoms with E-state index in [-0.39, 0.29) is 5.82 Å². The Morgan fingerprint density at radius 2 is 2.10 bits per heavy atom. The van der Waals surface area contributed by atoms with E-state index in [0.29, 0.717) is 5.52 Å². The fourth-order valence-corrected chi connectivity index (χ4v) is 2.80. The molecular weight excluding hydrogens is 253 g/mol. The molecule has 0 saturated carbocycles. The lowest BCUT2D eigenvalue weighted by Crippen LogP contribution is -2.43. The highest BCUT2D eigenvalue weighted by molar-refractivity contribution is 5.92. The van der Waals surface area contributed by atoms with Gasteiger partial charge in [-0.1, -0.05) is 25.5 Å². The standard InChI is InChI=1S/C16H20FN3/c1-2-4-12-11-15(20-9-7-18-8-10-20)13-5-3-6-14(17)16(13)19-12/h3,5-6,11,18H,2,4,7-10H2,1H3. The Labute approximate surface area is 118 Å². The number of nitrogens with one attached hydrogen (secondary N) is 1. The van der Waals surface area contributed by atoms with Crippen molar-refractivity contribution in [2.24, 2.45) is 0 Å². The molecule has 1 aliphatic heterocycles. The SMILES string of the molecule is CCCc1cc(N2CCNCC2)c2cccc(F)c2n1. The molecule has 1 fully saturated rings. The molecule has 1 N–H and O–H groups in total. The number of anilines is 1. The van der Waals surface area contributed by atoms with E-state index in [1.165, 1.54) is 6.07 Å². The van der Waals surface area contributed by atoms with Crippen LogP contribution in [0.25, 0.3) is 10.9 Å². The molecule has 0 unspecified atom stereocenters. The molecule has 0 spiro atoms. The van der Waals surface area contributed by atoms with Crippen LogP contribution >= 0.6 is 0 Å². The summed E-state index contributed by atoms with van der Waals surface area (Å²) >= 11 is 0. The summed E-state index contributed by atoms with van der Waals surface area (Å²) < 4.78 is 14.1. The average molecular weight is 273 g/mol. The molecule has 1 saturated heterocycles. The lowest BCUT2D eigenvalue weighted by atomic mass is 10.1. The molecule has 0 atom stereocenters. The highest BCUT2D eigenvalue weighted by Crippen LogP contribution is 2.29. The number of nitrogens with zero attached hydrogens (tertiary/aromatic N) is 2. The van der Waals surface area contributed by atoms with Crippen LogP contribution in [0.3, 0.4) is 0 Å². The van der Waals surface area contributed by atoms with Gasteiger partial charge in [0.25, 0.3) is 0 Å². The van der Waals surface area contributed by atoms with Crippen LogP contribution in [0, 0.1) is 5.82 Å². The van der Waals surface area contributed by atoms with E-state index in [1.807, 2.05) is 6.07 Å². The summed E-state index contributed by atoms with van der Waals surface area (Å²) in [7, 11) is 0. The number of rotatable bonds is 3. The van der Waals surface area contributed by atoms with Crippen LogP contribution in [-0.4, -0.2) is 31.2 Å². The maximum Gasteiger partial charge on any atom is 0.149 e. The molecule has 0 radical (unpaired) electrons. The van der Waals surface area contributed by atoms with E-state index in [4.69, 9.17) is 0 Å². The summed E-state index contributed by atoms with van der Waals surface area (Å²) in [4.78, 5) is 6.84. The second-order valence-electron chi connectivity index (χ2n) is 5.26. The number of aryl methyl sites for hydroxylation is 1. The van der Waals surface area contributed by atoms with E-state index in [1.54, 1.807) is 6.07 Å². The highest BCUT2D eigenvalue weighted by atomic mass is 19.1. The Hall–Kier alpha value is -1.68. The van der Waals surface area contributed by atoms with Crippen molar-refractivity contribution in [1.29, 1.82) is 0 Å². The molecule has 0 amide bonds. The molecule has 1 aliphatic rings. The number of pyridine rings is 1. The minimum atomic E-state index is -0.225. The highest BCUT2D eigenvalue weighted by Gasteiger charge is 2.16. The molecule has 2 heterocycles. The topological polar surface area (TPSA) is 28.2 Å². The molecule has 2 aromatic rings. The van der Waals surface area contributed by atoms with Crippen LogP contribution < -0.4 is 10.2 Å². The van der Waals surface area contributed by atoms with E-state index < -0.39 is 0 Å². The normalized spacial score (nSPS) is 15.8. The first-order valence-corrected chi connectivity index (χ1v) is 7.33. The Bertz CT molecular complexity index is 606. The van der Waals surface area contributed by atoms with Crippen LogP contribution in [0.15, 0.2) is 24.3 Å². The van der Waals surface area contributed by atoms with Crippen molar-refractivity contribution in [2.45, 2.75) is 19.8 Å². The number of para-hydroxylation sites is 1. The van der Waals surface area contributed by atoms with Gasteiger partial charge in [-0.25, -0.2) is 9.37 Å². The molecule has 0 aliphatic carbocycles. The van der Waals surface area contributed by atoms with Gasteiger partial charge in [-0.05, 0) is 18.6 Å². The fourth-order valence-electron chi connectivity index (χ4n) is 2.80.